The third-order valence-electron chi connectivity index (χ3n) is 0. The Balaban J connectivity index is 0. The van der Waals surface area contributed by atoms with Crippen molar-refractivity contribution < 1.29 is 63.6 Å². The number of rotatable bonds is 0. The van der Waals surface area contributed by atoms with Gasteiger partial charge in [-0.3, -0.25) is 0 Å². The van der Waals surface area contributed by atoms with Crippen LogP contribution in [0.1, 0.15) is 1.43 Å². The van der Waals surface area contributed by atoms with E-state index in [0.717, 1.165) is 0 Å². The smallest absolute Gasteiger partial charge is 1.00 e. The molecule has 0 aliphatic rings. The molecule has 0 N–H and O–H groups in total. The topological polar surface area (TPSA) is 0 Å². The van der Waals surface area contributed by atoms with Crippen molar-refractivity contribution in [2.75, 3.05) is 0 Å². The fourth-order valence-electron chi connectivity index (χ4n) is 0. The second-order valence-corrected chi connectivity index (χ2v) is 0. The molecule has 20 valence electrons. The minimum atomic E-state index is 0. The Hall–Kier alpha value is 2.53. The first-order valence-corrected chi connectivity index (χ1v) is 0. The SMILES string of the molecule is [Al].[Cu].[H-].[Li+].[Zr]. The molecular weight excluding hydrogens is 189 g/mol. The maximum atomic E-state index is 0. The summed E-state index contributed by atoms with van der Waals surface area (Å²) in [5.74, 6) is 0. The first-order chi connectivity index (χ1) is 0. The van der Waals surface area contributed by atoms with Gasteiger partial charge < -0.3 is 1.43 Å². The first-order valence-electron chi connectivity index (χ1n) is 0. The molecule has 0 fully saturated rings. The average molecular weight is 190 g/mol. The summed E-state index contributed by atoms with van der Waals surface area (Å²) in [7, 11) is 0. The Labute approximate surface area is 79.9 Å². The van der Waals surface area contributed by atoms with E-state index in [1.165, 1.54) is 0 Å². The maximum absolute atomic E-state index is 0. The van der Waals surface area contributed by atoms with E-state index in [1.54, 1.807) is 0 Å². The molecule has 0 spiro atoms. The predicted molar refractivity (Wildman–Crippen MR) is 6.87 cm³/mol. The zero-order valence-electron chi connectivity index (χ0n) is 3.38. The van der Waals surface area contributed by atoms with E-state index in [-0.39, 0.29) is 80.9 Å². The zero-order valence-corrected chi connectivity index (χ0v) is 6.93. The average Bonchev–Trinajstić information content (AvgIpc) is 0. The normalized spacial score (nSPS) is 0. The van der Waals surface area contributed by atoms with E-state index in [4.69, 9.17) is 0 Å². The summed E-state index contributed by atoms with van der Waals surface area (Å²) >= 11 is 0. The van der Waals surface area contributed by atoms with E-state index in [0.29, 0.717) is 0 Å². The molecule has 0 unspecified atom stereocenters. The molecule has 0 aromatic carbocycles. The molecule has 0 aliphatic heterocycles. The number of hydrogen-bond acceptors (Lipinski definition) is 0. The molecule has 0 nitrogen and oxygen atoms in total. The van der Waals surface area contributed by atoms with Crippen LogP contribution in [-0.4, -0.2) is 17.4 Å². The Morgan fingerprint density at radius 1 is 1.25 bits per heavy atom. The van der Waals surface area contributed by atoms with Crippen LogP contribution in [0.4, 0.5) is 0 Å². The second-order valence-electron chi connectivity index (χ2n) is 0. The molecule has 0 heterocycles. The molecule has 0 bridgehead atoms. The summed E-state index contributed by atoms with van der Waals surface area (Å²) in [5, 5.41) is 0. The molecule has 4 radical (unpaired) electrons. The van der Waals surface area contributed by atoms with Crippen LogP contribution in [0.25, 0.3) is 0 Å². The Kier molecular flexibility index (Phi) is 138. The molecule has 0 saturated carbocycles. The van der Waals surface area contributed by atoms with Crippen LogP contribution >= 0.6 is 0 Å². The van der Waals surface area contributed by atoms with Gasteiger partial charge in [-0.25, -0.2) is 0 Å². The monoisotopic (exact) mass is 188 g/mol. The summed E-state index contributed by atoms with van der Waals surface area (Å²) in [5.41, 5.74) is 0. The van der Waals surface area contributed by atoms with Gasteiger partial charge in [0.05, 0.1) is 0 Å². The summed E-state index contributed by atoms with van der Waals surface area (Å²) in [4.78, 5) is 0. The Morgan fingerprint density at radius 3 is 1.25 bits per heavy atom. The molecular formula is HAlCuLiZr. The molecule has 0 saturated heterocycles. The van der Waals surface area contributed by atoms with Crippen LogP contribution in [0.3, 0.4) is 0 Å². The number of hydrogen-bond donors (Lipinski definition) is 0. The molecule has 0 atom stereocenters. The summed E-state index contributed by atoms with van der Waals surface area (Å²) < 4.78 is 0. The van der Waals surface area contributed by atoms with Gasteiger partial charge in [0, 0.05) is 60.6 Å². The van der Waals surface area contributed by atoms with Crippen LogP contribution in [0.15, 0.2) is 0 Å². The van der Waals surface area contributed by atoms with Gasteiger partial charge in [0.25, 0.3) is 0 Å². The van der Waals surface area contributed by atoms with Crippen molar-refractivity contribution in [1.29, 1.82) is 0 Å². The fraction of sp³-hybridized carbons (Fsp3) is 0. The van der Waals surface area contributed by atoms with Crippen LogP contribution < -0.4 is 18.9 Å². The summed E-state index contributed by atoms with van der Waals surface area (Å²) in [6.07, 6.45) is 0. The van der Waals surface area contributed by atoms with E-state index in [1.807, 2.05) is 0 Å². The molecule has 0 aromatic heterocycles. The van der Waals surface area contributed by atoms with Crippen molar-refractivity contribution in [3.63, 3.8) is 0 Å². The van der Waals surface area contributed by atoms with Crippen molar-refractivity contribution in [2.45, 2.75) is 0 Å². The second kappa shape index (κ2) is 17.7. The maximum Gasteiger partial charge on any atom is 1.00 e. The Bertz CT molecular complexity index is 11.6. The van der Waals surface area contributed by atoms with Crippen molar-refractivity contribution in [2.24, 2.45) is 0 Å². The first kappa shape index (κ1) is 31.2. The van der Waals surface area contributed by atoms with Gasteiger partial charge >= 0.3 is 18.9 Å². The molecule has 0 aliphatic carbocycles. The van der Waals surface area contributed by atoms with Crippen LogP contribution in [0.2, 0.25) is 0 Å². The summed E-state index contributed by atoms with van der Waals surface area (Å²) in [6.45, 7) is 0. The van der Waals surface area contributed by atoms with Gasteiger partial charge in [-0.2, -0.15) is 0 Å². The van der Waals surface area contributed by atoms with Gasteiger partial charge in [0.15, 0.2) is 0 Å². The van der Waals surface area contributed by atoms with Gasteiger partial charge in [-0.15, -0.1) is 0 Å². The molecule has 4 heavy (non-hydrogen) atoms. The van der Waals surface area contributed by atoms with Gasteiger partial charge in [0.2, 0.25) is 0 Å². The standard InChI is InChI=1S/Al.Cu.Li.Zr.H/q;;+1;;-1. The van der Waals surface area contributed by atoms with Crippen molar-refractivity contribution in [3.05, 3.63) is 0 Å². The van der Waals surface area contributed by atoms with E-state index in [9.17, 15) is 0 Å². The quantitative estimate of drug-likeness (QED) is 0.351. The molecule has 0 aromatic rings. The minimum Gasteiger partial charge on any atom is -1.00 e. The van der Waals surface area contributed by atoms with Crippen molar-refractivity contribution in [1.82, 2.24) is 0 Å². The van der Waals surface area contributed by atoms with E-state index < -0.39 is 0 Å². The fourth-order valence-corrected chi connectivity index (χ4v) is 0. The van der Waals surface area contributed by atoms with E-state index >= 15 is 0 Å². The van der Waals surface area contributed by atoms with E-state index in [2.05, 4.69) is 0 Å². The zero-order chi connectivity index (χ0) is 0. The van der Waals surface area contributed by atoms with Crippen molar-refractivity contribution in [3.8, 4) is 0 Å². The van der Waals surface area contributed by atoms with Crippen LogP contribution in [0, 0.1) is 0 Å². The largest absolute Gasteiger partial charge is 1.00 e. The predicted octanol–water partition coefficient (Wildman–Crippen LogP) is -3.27. The van der Waals surface area contributed by atoms with Gasteiger partial charge in [-0.05, 0) is 0 Å². The molecule has 0 amide bonds. The molecule has 4 heteroatoms. The third-order valence-corrected chi connectivity index (χ3v) is 0. The van der Waals surface area contributed by atoms with Gasteiger partial charge in [0.1, 0.15) is 0 Å². The van der Waals surface area contributed by atoms with Gasteiger partial charge in [-0.1, -0.05) is 0 Å². The third kappa shape index (κ3) is 8.82. The minimum absolute atomic E-state index is 0. The summed E-state index contributed by atoms with van der Waals surface area (Å²) in [6, 6.07) is 0. The van der Waals surface area contributed by atoms with Crippen LogP contribution in [0.5, 0.6) is 0 Å². The molecule has 0 rings (SSSR count). The van der Waals surface area contributed by atoms with Crippen molar-refractivity contribution >= 4 is 17.4 Å². The Morgan fingerprint density at radius 2 is 1.25 bits per heavy atom. The van der Waals surface area contributed by atoms with Crippen LogP contribution in [-0.2, 0) is 43.3 Å².